The fourth-order valence-electron chi connectivity index (χ4n) is 7.76. The molecule has 0 bridgehead atoms. The minimum atomic E-state index is -6.13. The summed E-state index contributed by atoms with van der Waals surface area (Å²) in [7, 11) is -3.22. The predicted molar refractivity (Wildman–Crippen MR) is 221 cm³/mol. The summed E-state index contributed by atoms with van der Waals surface area (Å²) in [6, 6.07) is 2.76. The lowest BCUT2D eigenvalue weighted by atomic mass is 9.12. The highest BCUT2D eigenvalue weighted by atomic mass is 32.2. The number of hydrogen-bond acceptors (Lipinski definition) is 3. The number of hydrogen-bond donors (Lipinski definition) is 0. The number of aromatic nitrogens is 1. The summed E-state index contributed by atoms with van der Waals surface area (Å²) >= 11 is 0. The Balaban J connectivity index is 0.000000468. The molecule has 1 aromatic heterocycles. The topological polar surface area (TPSA) is 55.1 Å². The highest BCUT2D eigenvalue weighted by molar-refractivity contribution is 7.90. The van der Waals surface area contributed by atoms with Crippen LogP contribution in [0.3, 0.4) is 0 Å². The Kier molecular flexibility index (Phi) is 16.1. The number of nitrogens with zero attached hydrogens (tertiary/aromatic N) is 1. The predicted octanol–water partition coefficient (Wildman–Crippen LogP) is 12.5. The monoisotopic (exact) mass is 1140 g/mol. The molecule has 0 aliphatic carbocycles. The molecule has 30 heteroatoms. The summed E-state index contributed by atoms with van der Waals surface area (Å²) in [5.41, 5.74) is -29.7. The van der Waals surface area contributed by atoms with Gasteiger partial charge in [-0.1, -0.05) is 54.6 Å². The van der Waals surface area contributed by atoms with Crippen LogP contribution in [0.25, 0.3) is 0 Å². The number of alkyl halides is 24. The number of sulfone groups is 1. The van der Waals surface area contributed by atoms with Gasteiger partial charge in [0.05, 0.1) is 49.4 Å². The van der Waals surface area contributed by atoms with Crippen LogP contribution in [-0.4, -0.2) is 26.6 Å². The fraction of sp³-hybridized carbons (Fsp3) is 0.217. The van der Waals surface area contributed by atoms with Gasteiger partial charge in [-0.2, -0.15) is 132 Å². The lowest BCUT2D eigenvalue weighted by molar-refractivity contribution is -0.683. The molecule has 0 aliphatic heterocycles. The average molecular weight is 1140 g/mol. The van der Waals surface area contributed by atoms with Gasteiger partial charge in [-0.25, -0.2) is 8.42 Å². The van der Waals surface area contributed by atoms with E-state index in [4.69, 9.17) is 0 Å². The molecular weight excluding hydrogens is 1110 g/mol. The Morgan fingerprint density at radius 1 is 0.382 bits per heavy atom. The Morgan fingerprint density at radius 2 is 0.605 bits per heavy atom. The molecule has 0 radical (unpaired) electrons. The van der Waals surface area contributed by atoms with Crippen LogP contribution < -0.4 is 26.4 Å². The van der Waals surface area contributed by atoms with Crippen molar-refractivity contribution in [3.63, 3.8) is 0 Å². The molecule has 0 spiro atoms. The van der Waals surface area contributed by atoms with Crippen molar-refractivity contribution < 1.29 is 123 Å². The normalized spacial score (nSPS) is 13.5. The first-order chi connectivity index (χ1) is 34.2. The molecular formula is C46H26BF24NO3S. The quantitative estimate of drug-likeness (QED) is 0.0660. The Labute approximate surface area is 411 Å². The first-order valence-corrected chi connectivity index (χ1v) is 22.3. The smallest absolute Gasteiger partial charge is 0.287 e. The summed E-state index contributed by atoms with van der Waals surface area (Å²) in [5, 5.41) is 0. The molecule has 4 nitrogen and oxygen atoms in total. The van der Waals surface area contributed by atoms with Crippen molar-refractivity contribution in [2.75, 3.05) is 6.26 Å². The third-order valence-electron chi connectivity index (χ3n) is 11.1. The van der Waals surface area contributed by atoms with Crippen LogP contribution in [0.15, 0.2) is 133 Å². The van der Waals surface area contributed by atoms with Crippen molar-refractivity contribution in [1.82, 2.24) is 0 Å². The Bertz CT molecular complexity index is 2770. The van der Waals surface area contributed by atoms with E-state index in [0.717, 1.165) is 6.26 Å². The molecule has 0 amide bonds. The largest absolute Gasteiger partial charge is 0.416 e. The fourth-order valence-corrected chi connectivity index (χ4v) is 8.39. The van der Waals surface area contributed by atoms with E-state index in [9.17, 15) is 119 Å². The van der Waals surface area contributed by atoms with E-state index in [0.29, 0.717) is 5.56 Å². The van der Waals surface area contributed by atoms with Crippen LogP contribution in [0.5, 0.6) is 0 Å². The number of rotatable bonds is 8. The van der Waals surface area contributed by atoms with Gasteiger partial charge in [0.25, 0.3) is 0 Å². The van der Waals surface area contributed by atoms with E-state index in [1.807, 2.05) is 30.6 Å². The third-order valence-corrected chi connectivity index (χ3v) is 12.3. The minimum Gasteiger partial charge on any atom is -0.287 e. The van der Waals surface area contributed by atoms with E-state index in [1.165, 1.54) is 12.1 Å². The lowest BCUT2D eigenvalue weighted by Crippen LogP contribution is -2.75. The number of ketones is 1. The zero-order valence-corrected chi connectivity index (χ0v) is 37.9. The summed E-state index contributed by atoms with van der Waals surface area (Å²) in [5.74, 6) is -0.0590. The van der Waals surface area contributed by atoms with Crippen LogP contribution in [-0.2, 0) is 65.8 Å². The van der Waals surface area contributed by atoms with Gasteiger partial charge in [-0.05, 0) is 48.5 Å². The van der Waals surface area contributed by atoms with Crippen LogP contribution in [0.2, 0.25) is 0 Å². The summed E-state index contributed by atoms with van der Waals surface area (Å²) in [6.07, 6.45) is -50.0. The average Bonchev–Trinajstić information content (AvgIpc) is 3.27. The second-order valence-electron chi connectivity index (χ2n) is 16.5. The maximum absolute atomic E-state index is 14.2. The molecule has 76 heavy (non-hydrogen) atoms. The standard InChI is InChI=1S/C32H12BF24.C14H14NO3S/c34-25(35,36)13-1-14(26(37,38)39)6-21(5-13)33(22-7-15(27(40,41)42)2-16(8-22)28(43,44)45,23-9-17(29(46,47)48)3-18(10-23)30(49,50)51)24-11-19(31(52,53)54)4-20(12-24)32(55,56)57;1-19(17,18)13-7-5-12(6-8-13)14(16)11-15-9-3-2-4-10-15/h1-12H;2-10H,11H2,1H3/q-1;+1. The van der Waals surface area contributed by atoms with Gasteiger partial charge in [0.1, 0.15) is 6.15 Å². The number of halogens is 24. The van der Waals surface area contributed by atoms with Crippen molar-refractivity contribution in [2.24, 2.45) is 0 Å². The van der Waals surface area contributed by atoms with Crippen molar-refractivity contribution in [1.29, 1.82) is 0 Å². The first kappa shape index (κ1) is 60.1. The Hall–Kier alpha value is -6.75. The summed E-state index contributed by atoms with van der Waals surface area (Å²) < 4.78 is 365. The van der Waals surface area contributed by atoms with Gasteiger partial charge in [-0.15, -0.1) is 0 Å². The molecule has 0 atom stereocenters. The summed E-state index contributed by atoms with van der Waals surface area (Å²) in [6.45, 7) is 0.235. The first-order valence-electron chi connectivity index (χ1n) is 20.4. The molecule has 0 fully saturated rings. The van der Waals surface area contributed by atoms with Crippen molar-refractivity contribution in [3.8, 4) is 0 Å². The van der Waals surface area contributed by atoms with Crippen LogP contribution in [0, 0.1) is 0 Å². The zero-order chi connectivity index (χ0) is 57.8. The third kappa shape index (κ3) is 14.0. The SMILES string of the molecule is CS(=O)(=O)c1ccc(C(=O)C[n+]2ccccc2)cc1.FC(F)(F)c1cc([B-](c2cc(C(F)(F)F)cc(C(F)(F)F)c2)(c2cc(C(F)(F)F)cc(C(F)(F)F)c2)c2cc(C(F)(F)F)cc(C(F)(F)F)c2)cc(C(F)(F)F)c1. The van der Waals surface area contributed by atoms with Crippen molar-refractivity contribution in [3.05, 3.63) is 178 Å². The molecule has 0 N–H and O–H groups in total. The van der Waals surface area contributed by atoms with Crippen LogP contribution in [0.1, 0.15) is 54.9 Å². The number of carbonyl (C=O) groups is 1. The molecule has 6 aromatic rings. The zero-order valence-electron chi connectivity index (χ0n) is 37.1. The maximum Gasteiger partial charge on any atom is 0.416 e. The molecule has 0 saturated heterocycles. The van der Waals surface area contributed by atoms with Gasteiger partial charge in [0, 0.05) is 24.0 Å². The second-order valence-corrected chi connectivity index (χ2v) is 18.5. The van der Waals surface area contributed by atoms with Crippen LogP contribution in [0.4, 0.5) is 105 Å². The van der Waals surface area contributed by atoms with E-state index in [1.54, 1.807) is 16.7 Å². The second kappa shape index (κ2) is 20.3. The molecule has 0 saturated carbocycles. The van der Waals surface area contributed by atoms with Crippen LogP contribution >= 0.6 is 0 Å². The molecule has 6 rings (SSSR count). The summed E-state index contributed by atoms with van der Waals surface area (Å²) in [4.78, 5) is 12.2. The Morgan fingerprint density at radius 3 is 0.803 bits per heavy atom. The van der Waals surface area contributed by atoms with E-state index >= 15 is 0 Å². The van der Waals surface area contributed by atoms with Gasteiger partial charge >= 0.3 is 49.4 Å². The highest BCUT2D eigenvalue weighted by Gasteiger charge is 2.47. The van der Waals surface area contributed by atoms with Gasteiger partial charge in [0.15, 0.2) is 22.2 Å². The molecule has 0 unspecified atom stereocenters. The van der Waals surface area contributed by atoms with E-state index < -0.39 is 205 Å². The molecule has 5 aromatic carbocycles. The van der Waals surface area contributed by atoms with Gasteiger partial charge in [0.2, 0.25) is 12.3 Å². The number of pyridine rings is 1. The van der Waals surface area contributed by atoms with E-state index in [-0.39, 0.29) is 17.2 Å². The highest BCUT2D eigenvalue weighted by Crippen LogP contribution is 2.41. The molecule has 1 heterocycles. The van der Waals surface area contributed by atoms with Gasteiger partial charge < -0.3 is 0 Å². The molecule has 0 aliphatic rings. The number of benzene rings is 5. The molecule has 410 valence electrons. The van der Waals surface area contributed by atoms with Crippen molar-refractivity contribution >= 4 is 43.6 Å². The van der Waals surface area contributed by atoms with E-state index in [2.05, 4.69) is 0 Å². The maximum atomic E-state index is 14.2. The number of Topliss-reactive ketones (excluding diaryl/α,β-unsaturated/α-hetero) is 1. The minimum absolute atomic E-state index is 0.0590. The number of carbonyl (C=O) groups excluding carboxylic acids is 1. The van der Waals surface area contributed by atoms with Crippen molar-refractivity contribution in [2.45, 2.75) is 60.9 Å². The lowest BCUT2D eigenvalue weighted by Gasteiger charge is -2.46. The van der Waals surface area contributed by atoms with Gasteiger partial charge in [-0.3, -0.25) is 4.79 Å².